The lowest BCUT2D eigenvalue weighted by Gasteiger charge is -2.35. The number of anilines is 1. The van der Waals surface area contributed by atoms with E-state index in [2.05, 4.69) is 12.2 Å². The predicted octanol–water partition coefficient (Wildman–Crippen LogP) is 2.04. The van der Waals surface area contributed by atoms with Crippen molar-refractivity contribution < 1.29 is 4.92 Å². The molecule has 0 aliphatic carbocycles. The van der Waals surface area contributed by atoms with Gasteiger partial charge in [0.1, 0.15) is 5.69 Å². The number of hydrogen-bond acceptors (Lipinski definition) is 5. The largest absolute Gasteiger partial charge is 0.363 e. The minimum absolute atomic E-state index is 0.0150. The van der Waals surface area contributed by atoms with Crippen LogP contribution in [0.3, 0.4) is 0 Å². The fourth-order valence-corrected chi connectivity index (χ4v) is 2.59. The Bertz CT molecular complexity index is 536. The van der Waals surface area contributed by atoms with Gasteiger partial charge in [-0.2, -0.15) is 5.26 Å². The number of nitro benzene ring substituents is 1. The molecule has 0 radical (unpaired) electrons. The molecular formula is C14H18N4O2. The van der Waals surface area contributed by atoms with E-state index in [4.69, 9.17) is 5.26 Å². The van der Waals surface area contributed by atoms with Gasteiger partial charge in [-0.05, 0) is 18.6 Å². The van der Waals surface area contributed by atoms with E-state index in [0.29, 0.717) is 17.3 Å². The zero-order valence-corrected chi connectivity index (χ0v) is 11.5. The van der Waals surface area contributed by atoms with Gasteiger partial charge in [0.05, 0.1) is 16.6 Å². The number of piperazine rings is 1. The fourth-order valence-electron chi connectivity index (χ4n) is 2.59. The van der Waals surface area contributed by atoms with Gasteiger partial charge in [0.2, 0.25) is 0 Å². The second-order valence-corrected chi connectivity index (χ2v) is 4.96. The highest BCUT2D eigenvalue weighted by atomic mass is 16.6. The number of benzene rings is 1. The molecule has 1 saturated heterocycles. The number of nitriles is 1. The van der Waals surface area contributed by atoms with Crippen LogP contribution in [0.1, 0.15) is 25.3 Å². The van der Waals surface area contributed by atoms with E-state index in [-0.39, 0.29) is 5.69 Å². The van der Waals surface area contributed by atoms with Crippen LogP contribution in [0.2, 0.25) is 0 Å². The second kappa shape index (κ2) is 6.35. The van der Waals surface area contributed by atoms with Crippen LogP contribution in [-0.4, -0.2) is 30.6 Å². The zero-order valence-electron chi connectivity index (χ0n) is 11.5. The Morgan fingerprint density at radius 1 is 1.60 bits per heavy atom. The molecule has 1 aliphatic rings. The molecule has 2 rings (SSSR count). The Balaban J connectivity index is 2.27. The highest BCUT2D eigenvalue weighted by Crippen LogP contribution is 2.30. The Morgan fingerprint density at radius 2 is 2.40 bits per heavy atom. The molecule has 1 atom stereocenters. The Morgan fingerprint density at radius 3 is 3.05 bits per heavy atom. The van der Waals surface area contributed by atoms with Crippen LogP contribution < -0.4 is 10.2 Å². The monoisotopic (exact) mass is 274 g/mol. The fraction of sp³-hybridized carbons (Fsp3) is 0.500. The summed E-state index contributed by atoms with van der Waals surface area (Å²) in [5.41, 5.74) is 0.943. The topological polar surface area (TPSA) is 82.2 Å². The van der Waals surface area contributed by atoms with Gasteiger partial charge in [-0.1, -0.05) is 13.3 Å². The van der Waals surface area contributed by atoms with Gasteiger partial charge < -0.3 is 10.2 Å². The van der Waals surface area contributed by atoms with Gasteiger partial charge in [-0.3, -0.25) is 10.1 Å². The second-order valence-electron chi connectivity index (χ2n) is 4.96. The predicted molar refractivity (Wildman–Crippen MR) is 76.7 cm³/mol. The Labute approximate surface area is 118 Å². The van der Waals surface area contributed by atoms with Crippen LogP contribution in [0.25, 0.3) is 0 Å². The SMILES string of the molecule is CCC[C@H]1CN(c2ccc(C#N)cc2[N+](=O)[O-])CCN1. The molecule has 0 bridgehead atoms. The smallest absolute Gasteiger partial charge is 0.293 e. The maximum absolute atomic E-state index is 11.2. The zero-order chi connectivity index (χ0) is 14.5. The molecule has 20 heavy (non-hydrogen) atoms. The van der Waals surface area contributed by atoms with E-state index in [0.717, 1.165) is 32.5 Å². The van der Waals surface area contributed by atoms with Crippen LogP contribution in [-0.2, 0) is 0 Å². The molecule has 6 nitrogen and oxygen atoms in total. The number of nitro groups is 1. The number of rotatable bonds is 4. The number of hydrogen-bond donors (Lipinski definition) is 1. The first-order valence-corrected chi connectivity index (χ1v) is 6.82. The molecule has 0 unspecified atom stereocenters. The molecular weight excluding hydrogens is 256 g/mol. The lowest BCUT2D eigenvalue weighted by Crippen LogP contribution is -2.50. The van der Waals surface area contributed by atoms with Crippen molar-refractivity contribution in [2.75, 3.05) is 24.5 Å². The molecule has 1 heterocycles. The van der Waals surface area contributed by atoms with Crippen molar-refractivity contribution in [1.29, 1.82) is 5.26 Å². The van der Waals surface area contributed by atoms with Crippen molar-refractivity contribution in [3.8, 4) is 6.07 Å². The molecule has 106 valence electrons. The van der Waals surface area contributed by atoms with Crippen molar-refractivity contribution in [2.24, 2.45) is 0 Å². The maximum atomic E-state index is 11.2. The van der Waals surface area contributed by atoms with E-state index in [1.165, 1.54) is 6.07 Å². The molecule has 1 N–H and O–H groups in total. The van der Waals surface area contributed by atoms with E-state index < -0.39 is 4.92 Å². The first-order chi connectivity index (χ1) is 9.65. The molecule has 0 aromatic heterocycles. The van der Waals surface area contributed by atoms with Gasteiger partial charge >= 0.3 is 0 Å². The van der Waals surface area contributed by atoms with Gasteiger partial charge in [0, 0.05) is 31.7 Å². The van der Waals surface area contributed by atoms with Crippen LogP contribution in [0, 0.1) is 21.4 Å². The quantitative estimate of drug-likeness (QED) is 0.671. The number of nitrogens with zero attached hydrogens (tertiary/aromatic N) is 3. The highest BCUT2D eigenvalue weighted by molar-refractivity contribution is 5.66. The van der Waals surface area contributed by atoms with Crippen LogP contribution in [0.15, 0.2) is 18.2 Å². The molecule has 0 saturated carbocycles. The highest BCUT2D eigenvalue weighted by Gasteiger charge is 2.25. The lowest BCUT2D eigenvalue weighted by molar-refractivity contribution is -0.384. The van der Waals surface area contributed by atoms with Gasteiger partial charge in [0.25, 0.3) is 5.69 Å². The lowest BCUT2D eigenvalue weighted by atomic mass is 10.1. The summed E-state index contributed by atoms with van der Waals surface area (Å²) < 4.78 is 0. The summed E-state index contributed by atoms with van der Waals surface area (Å²) in [6.45, 7) is 4.46. The molecule has 0 spiro atoms. The third-order valence-electron chi connectivity index (χ3n) is 3.53. The molecule has 1 aliphatic heterocycles. The average molecular weight is 274 g/mol. The Kier molecular flexibility index (Phi) is 4.53. The summed E-state index contributed by atoms with van der Waals surface area (Å²) >= 11 is 0. The van der Waals surface area contributed by atoms with Crippen molar-refractivity contribution in [1.82, 2.24) is 5.32 Å². The summed E-state index contributed by atoms with van der Waals surface area (Å²) in [5, 5.41) is 23.5. The summed E-state index contributed by atoms with van der Waals surface area (Å²) in [6, 6.07) is 6.99. The van der Waals surface area contributed by atoms with Crippen molar-refractivity contribution >= 4 is 11.4 Å². The summed E-state index contributed by atoms with van der Waals surface area (Å²) in [5.74, 6) is 0. The summed E-state index contributed by atoms with van der Waals surface area (Å²) in [7, 11) is 0. The molecule has 0 amide bonds. The van der Waals surface area contributed by atoms with Crippen molar-refractivity contribution in [3.05, 3.63) is 33.9 Å². The minimum Gasteiger partial charge on any atom is -0.363 e. The van der Waals surface area contributed by atoms with E-state index in [1.807, 2.05) is 11.0 Å². The van der Waals surface area contributed by atoms with Crippen LogP contribution in [0.5, 0.6) is 0 Å². The Hall–Kier alpha value is -2.13. The average Bonchev–Trinajstić information content (AvgIpc) is 2.47. The maximum Gasteiger partial charge on any atom is 0.293 e. The standard InChI is InChI=1S/C14H18N4O2/c1-2-3-12-10-17(7-6-16-12)13-5-4-11(9-15)8-14(13)18(19)20/h4-5,8,12,16H,2-3,6-7,10H2,1H3/t12-/m0/s1. The van der Waals surface area contributed by atoms with Crippen LogP contribution in [0.4, 0.5) is 11.4 Å². The molecule has 1 aromatic rings. The van der Waals surface area contributed by atoms with Crippen molar-refractivity contribution in [3.63, 3.8) is 0 Å². The molecule has 1 fully saturated rings. The normalized spacial score (nSPS) is 18.6. The minimum atomic E-state index is -0.410. The van der Waals surface area contributed by atoms with E-state index in [9.17, 15) is 10.1 Å². The van der Waals surface area contributed by atoms with Crippen LogP contribution >= 0.6 is 0 Å². The molecule has 1 aromatic carbocycles. The summed E-state index contributed by atoms with van der Waals surface area (Å²) in [4.78, 5) is 12.8. The first-order valence-electron chi connectivity index (χ1n) is 6.82. The van der Waals surface area contributed by atoms with Gasteiger partial charge in [-0.25, -0.2) is 0 Å². The third kappa shape index (κ3) is 3.06. The molecule has 6 heteroatoms. The first kappa shape index (κ1) is 14.3. The van der Waals surface area contributed by atoms with E-state index in [1.54, 1.807) is 12.1 Å². The number of nitrogens with one attached hydrogen (secondary N) is 1. The van der Waals surface area contributed by atoms with Crippen molar-refractivity contribution in [2.45, 2.75) is 25.8 Å². The van der Waals surface area contributed by atoms with E-state index >= 15 is 0 Å². The van der Waals surface area contributed by atoms with Gasteiger partial charge in [-0.15, -0.1) is 0 Å². The third-order valence-corrected chi connectivity index (χ3v) is 3.53. The summed E-state index contributed by atoms with van der Waals surface area (Å²) in [6.07, 6.45) is 2.14. The van der Waals surface area contributed by atoms with Gasteiger partial charge in [0.15, 0.2) is 0 Å².